The highest BCUT2D eigenvalue weighted by molar-refractivity contribution is 7.21. The SMILES string of the molecule is COC(=O)c1cc(OC)c(OC)cc1NC(=O)c1sc2nc3c(cc2c1N)CN(Cc1ccccc1)CC3. The molecular formula is C28H28N4O5S. The Kier molecular flexibility index (Phi) is 7.17. The highest BCUT2D eigenvalue weighted by atomic mass is 32.1. The number of amides is 1. The van der Waals surface area contributed by atoms with Crippen molar-refractivity contribution in [2.24, 2.45) is 0 Å². The van der Waals surface area contributed by atoms with Crippen molar-refractivity contribution in [2.75, 3.05) is 38.9 Å². The number of nitrogen functional groups attached to an aromatic ring is 1. The van der Waals surface area contributed by atoms with E-state index in [-0.39, 0.29) is 11.3 Å². The first-order valence-electron chi connectivity index (χ1n) is 12.0. The summed E-state index contributed by atoms with van der Waals surface area (Å²) in [5.41, 5.74) is 10.6. The second-order valence-electron chi connectivity index (χ2n) is 8.94. The summed E-state index contributed by atoms with van der Waals surface area (Å²) in [7, 11) is 4.20. The summed E-state index contributed by atoms with van der Waals surface area (Å²) >= 11 is 1.23. The summed E-state index contributed by atoms with van der Waals surface area (Å²) in [5, 5.41) is 3.54. The van der Waals surface area contributed by atoms with Gasteiger partial charge < -0.3 is 25.3 Å². The molecule has 1 aliphatic heterocycles. The van der Waals surface area contributed by atoms with Crippen molar-refractivity contribution in [2.45, 2.75) is 19.5 Å². The molecule has 3 heterocycles. The number of benzene rings is 2. The Morgan fingerprint density at radius 1 is 1.08 bits per heavy atom. The van der Waals surface area contributed by atoms with E-state index in [1.807, 2.05) is 24.3 Å². The fraction of sp³-hybridized carbons (Fsp3) is 0.250. The number of aromatic nitrogens is 1. The summed E-state index contributed by atoms with van der Waals surface area (Å²) < 4.78 is 15.5. The summed E-state index contributed by atoms with van der Waals surface area (Å²) in [4.78, 5) is 34.0. The molecular weight excluding hydrogens is 504 g/mol. The normalized spacial score (nSPS) is 13.1. The summed E-state index contributed by atoms with van der Waals surface area (Å²) in [6, 6.07) is 15.4. The molecule has 10 heteroatoms. The van der Waals surface area contributed by atoms with Gasteiger partial charge in [-0.1, -0.05) is 30.3 Å². The number of methoxy groups -OCH3 is 3. The number of nitrogens with one attached hydrogen (secondary N) is 1. The van der Waals surface area contributed by atoms with Crippen LogP contribution in [0.25, 0.3) is 10.2 Å². The van der Waals surface area contributed by atoms with Crippen LogP contribution in [0.3, 0.4) is 0 Å². The first kappa shape index (κ1) is 25.5. The topological polar surface area (TPSA) is 116 Å². The Balaban J connectivity index is 1.43. The van der Waals surface area contributed by atoms with E-state index < -0.39 is 11.9 Å². The lowest BCUT2D eigenvalue weighted by Crippen LogP contribution is -2.30. The molecule has 0 atom stereocenters. The molecule has 1 aliphatic rings. The zero-order valence-corrected chi connectivity index (χ0v) is 22.2. The quantitative estimate of drug-likeness (QED) is 0.335. The third kappa shape index (κ3) is 4.88. The van der Waals surface area contributed by atoms with E-state index in [0.717, 1.165) is 42.7 Å². The number of pyridine rings is 1. The van der Waals surface area contributed by atoms with Crippen molar-refractivity contribution < 1.29 is 23.8 Å². The van der Waals surface area contributed by atoms with Gasteiger partial charge in [-0.2, -0.15) is 0 Å². The van der Waals surface area contributed by atoms with Crippen LogP contribution in [-0.2, 0) is 24.2 Å². The van der Waals surface area contributed by atoms with Crippen LogP contribution in [0.2, 0.25) is 0 Å². The van der Waals surface area contributed by atoms with Gasteiger partial charge in [0, 0.05) is 49.3 Å². The van der Waals surface area contributed by atoms with E-state index in [4.69, 9.17) is 24.9 Å². The minimum Gasteiger partial charge on any atom is -0.493 e. The maximum absolute atomic E-state index is 13.4. The molecule has 0 fully saturated rings. The fourth-order valence-corrected chi connectivity index (χ4v) is 5.63. The molecule has 0 radical (unpaired) electrons. The van der Waals surface area contributed by atoms with Gasteiger partial charge in [0.25, 0.3) is 5.91 Å². The number of thiophene rings is 1. The highest BCUT2D eigenvalue weighted by Crippen LogP contribution is 2.37. The van der Waals surface area contributed by atoms with Crippen LogP contribution < -0.4 is 20.5 Å². The number of esters is 1. The molecule has 3 N–H and O–H groups in total. The van der Waals surface area contributed by atoms with Crippen molar-refractivity contribution in [3.05, 3.63) is 75.8 Å². The molecule has 196 valence electrons. The molecule has 0 spiro atoms. The van der Waals surface area contributed by atoms with Gasteiger partial charge in [0.15, 0.2) is 11.5 Å². The molecule has 1 amide bonds. The summed E-state index contributed by atoms with van der Waals surface area (Å²) in [6.45, 7) is 2.53. The number of nitrogens with zero attached hydrogens (tertiary/aromatic N) is 2. The zero-order chi connectivity index (χ0) is 26.8. The number of carbonyl (C=O) groups excluding carboxylic acids is 2. The van der Waals surface area contributed by atoms with Gasteiger partial charge in [0.1, 0.15) is 9.71 Å². The van der Waals surface area contributed by atoms with Gasteiger partial charge >= 0.3 is 5.97 Å². The Hall–Kier alpha value is -4.15. The smallest absolute Gasteiger partial charge is 0.340 e. The van der Waals surface area contributed by atoms with Gasteiger partial charge in [0.2, 0.25) is 0 Å². The number of carbonyl (C=O) groups is 2. The van der Waals surface area contributed by atoms with Gasteiger partial charge in [-0.15, -0.1) is 11.3 Å². The molecule has 9 nitrogen and oxygen atoms in total. The fourth-order valence-electron chi connectivity index (χ4n) is 4.64. The highest BCUT2D eigenvalue weighted by Gasteiger charge is 2.25. The molecule has 38 heavy (non-hydrogen) atoms. The maximum atomic E-state index is 13.4. The molecule has 2 aromatic carbocycles. The average molecular weight is 533 g/mol. The largest absolute Gasteiger partial charge is 0.493 e. The lowest BCUT2D eigenvalue weighted by atomic mass is 10.0. The van der Waals surface area contributed by atoms with Crippen LogP contribution in [0.4, 0.5) is 11.4 Å². The van der Waals surface area contributed by atoms with Crippen molar-refractivity contribution in [3.63, 3.8) is 0 Å². The third-order valence-electron chi connectivity index (χ3n) is 6.58. The predicted molar refractivity (Wildman–Crippen MR) is 147 cm³/mol. The monoisotopic (exact) mass is 532 g/mol. The Labute approximate surface area is 224 Å². The molecule has 0 saturated heterocycles. The first-order valence-corrected chi connectivity index (χ1v) is 12.9. The Morgan fingerprint density at radius 3 is 2.53 bits per heavy atom. The van der Waals surface area contributed by atoms with E-state index in [0.29, 0.717) is 26.9 Å². The molecule has 5 rings (SSSR count). The first-order chi connectivity index (χ1) is 18.4. The number of hydrogen-bond acceptors (Lipinski definition) is 9. The minimum absolute atomic E-state index is 0.130. The number of ether oxygens (including phenoxy) is 3. The number of nitrogens with two attached hydrogens (primary N) is 1. The third-order valence-corrected chi connectivity index (χ3v) is 7.69. The number of anilines is 2. The van der Waals surface area contributed by atoms with Crippen LogP contribution in [0.15, 0.2) is 48.5 Å². The van der Waals surface area contributed by atoms with Gasteiger partial charge in [-0.25, -0.2) is 9.78 Å². The lowest BCUT2D eigenvalue weighted by Gasteiger charge is -2.28. The predicted octanol–water partition coefficient (Wildman–Crippen LogP) is 4.49. The maximum Gasteiger partial charge on any atom is 0.340 e. The van der Waals surface area contributed by atoms with Gasteiger partial charge in [-0.05, 0) is 17.2 Å². The number of rotatable bonds is 7. The lowest BCUT2D eigenvalue weighted by molar-refractivity contribution is 0.0601. The van der Waals surface area contributed by atoms with E-state index in [2.05, 4.69) is 22.3 Å². The standard InChI is InChI=1S/C28H28N4O5S/c1-35-22-12-18(28(34)37-3)21(13-23(22)36-2)30-26(33)25-24(29)19-11-17-15-32(14-16-7-5-4-6-8-16)10-9-20(17)31-27(19)38-25/h4-8,11-13H,9-10,14-15,29H2,1-3H3,(H,30,33). The number of fused-ring (bicyclic) bond motifs is 2. The van der Waals surface area contributed by atoms with Gasteiger partial charge in [0.05, 0.1) is 38.3 Å². The van der Waals surface area contributed by atoms with Crippen LogP contribution in [0, 0.1) is 0 Å². The van der Waals surface area contributed by atoms with E-state index in [1.54, 1.807) is 0 Å². The van der Waals surface area contributed by atoms with Crippen molar-refractivity contribution in [1.29, 1.82) is 0 Å². The Bertz CT molecular complexity index is 1520. The second-order valence-corrected chi connectivity index (χ2v) is 9.94. The van der Waals surface area contributed by atoms with E-state index in [1.165, 1.54) is 50.4 Å². The second kappa shape index (κ2) is 10.7. The molecule has 4 aromatic rings. The average Bonchev–Trinajstić information content (AvgIpc) is 3.26. The van der Waals surface area contributed by atoms with Crippen molar-refractivity contribution in [3.8, 4) is 11.5 Å². The van der Waals surface area contributed by atoms with Crippen LogP contribution in [0.1, 0.15) is 36.9 Å². The summed E-state index contributed by atoms with van der Waals surface area (Å²) in [6.07, 6.45) is 0.825. The zero-order valence-electron chi connectivity index (χ0n) is 21.4. The van der Waals surface area contributed by atoms with Crippen LogP contribution in [-0.4, -0.2) is 49.6 Å². The molecule has 0 bridgehead atoms. The minimum atomic E-state index is -0.625. The van der Waals surface area contributed by atoms with Crippen molar-refractivity contribution in [1.82, 2.24) is 9.88 Å². The Morgan fingerprint density at radius 2 is 1.82 bits per heavy atom. The molecule has 0 saturated carbocycles. The van der Waals surface area contributed by atoms with E-state index >= 15 is 0 Å². The molecule has 0 aliphatic carbocycles. The summed E-state index contributed by atoms with van der Waals surface area (Å²) in [5.74, 6) is -0.385. The molecule has 0 unspecified atom stereocenters. The van der Waals surface area contributed by atoms with Crippen LogP contribution in [0.5, 0.6) is 11.5 Å². The number of hydrogen-bond donors (Lipinski definition) is 2. The molecule has 2 aromatic heterocycles. The van der Waals surface area contributed by atoms with E-state index in [9.17, 15) is 9.59 Å². The van der Waals surface area contributed by atoms with Crippen LogP contribution >= 0.6 is 11.3 Å². The van der Waals surface area contributed by atoms with Gasteiger partial charge in [-0.3, -0.25) is 9.69 Å². The van der Waals surface area contributed by atoms with Crippen molar-refractivity contribution >= 4 is 44.8 Å².